The van der Waals surface area contributed by atoms with Crippen LogP contribution in [0.5, 0.6) is 11.5 Å². The second-order valence-electron chi connectivity index (χ2n) is 8.15. The molecule has 3 aromatic carbocycles. The van der Waals surface area contributed by atoms with E-state index in [4.69, 9.17) is 9.47 Å². The number of para-hydroxylation sites is 1. The van der Waals surface area contributed by atoms with Gasteiger partial charge in [0.2, 0.25) is 18.5 Å². The van der Waals surface area contributed by atoms with E-state index < -0.39 is 0 Å². The number of rotatable bonds is 4. The molecule has 0 unspecified atom stereocenters. The summed E-state index contributed by atoms with van der Waals surface area (Å²) < 4.78 is 12.7. The van der Waals surface area contributed by atoms with E-state index >= 15 is 0 Å². The highest BCUT2D eigenvalue weighted by Crippen LogP contribution is 2.42. The summed E-state index contributed by atoms with van der Waals surface area (Å²) in [5.74, 6) is 1.18. The van der Waals surface area contributed by atoms with Gasteiger partial charge in [0.15, 0.2) is 11.5 Å². The van der Waals surface area contributed by atoms with Crippen LogP contribution in [0.1, 0.15) is 21.6 Å². The van der Waals surface area contributed by atoms with Crippen molar-refractivity contribution in [3.63, 3.8) is 0 Å². The minimum atomic E-state index is -0.152. The Hall–Kier alpha value is -3.97. The third kappa shape index (κ3) is 3.45. The number of aromatic nitrogens is 1. The van der Waals surface area contributed by atoms with E-state index in [1.807, 2.05) is 66.1 Å². The van der Waals surface area contributed by atoms with Gasteiger partial charge in [-0.25, -0.2) is 0 Å². The molecular weight excluding hydrogens is 448 g/mol. The number of Topliss-reactive ketones (excluding diaryl/α,β-unsaturated/α-hetero) is 1. The molecule has 6 nitrogen and oxygen atoms in total. The molecule has 6 rings (SSSR count). The van der Waals surface area contributed by atoms with Crippen molar-refractivity contribution in [2.45, 2.75) is 18.4 Å². The van der Waals surface area contributed by atoms with Crippen LogP contribution in [0.15, 0.2) is 76.5 Å². The van der Waals surface area contributed by atoms with Crippen LogP contribution in [0.25, 0.3) is 17.0 Å². The molecule has 1 aromatic heterocycles. The SMILES string of the molecule is Cc1c(/C=C2/Sc3ccccc3C2=O)c2ccccc2n1CC(=O)Nc1ccc2c(c1)OCO2. The van der Waals surface area contributed by atoms with Gasteiger partial charge in [-0.1, -0.05) is 42.1 Å². The lowest BCUT2D eigenvalue weighted by atomic mass is 10.1. The second-order valence-corrected chi connectivity index (χ2v) is 9.24. The molecule has 2 aliphatic heterocycles. The normalized spacial score (nSPS) is 15.2. The van der Waals surface area contributed by atoms with Crippen LogP contribution in [0.4, 0.5) is 5.69 Å². The highest BCUT2D eigenvalue weighted by Gasteiger charge is 2.26. The number of fused-ring (bicyclic) bond motifs is 3. The quantitative estimate of drug-likeness (QED) is 0.392. The molecule has 0 spiro atoms. The first-order valence-electron chi connectivity index (χ1n) is 10.9. The van der Waals surface area contributed by atoms with Gasteiger partial charge in [-0.05, 0) is 43.3 Å². The van der Waals surface area contributed by atoms with Gasteiger partial charge in [-0.15, -0.1) is 0 Å². The predicted octanol–water partition coefficient (Wildman–Crippen LogP) is 5.65. The molecule has 1 amide bonds. The fraction of sp³-hybridized carbons (Fsp3) is 0.111. The van der Waals surface area contributed by atoms with Crippen LogP contribution < -0.4 is 14.8 Å². The Morgan fingerprint density at radius 2 is 1.85 bits per heavy atom. The Morgan fingerprint density at radius 1 is 1.06 bits per heavy atom. The maximum Gasteiger partial charge on any atom is 0.244 e. The molecule has 0 saturated heterocycles. The number of anilines is 1. The fourth-order valence-corrected chi connectivity index (χ4v) is 5.46. The Bertz CT molecular complexity index is 1520. The maximum atomic E-state index is 13.0. The number of amides is 1. The minimum absolute atomic E-state index is 0.0392. The van der Waals surface area contributed by atoms with Gasteiger partial charge < -0.3 is 19.4 Å². The Labute approximate surface area is 200 Å². The van der Waals surface area contributed by atoms with Gasteiger partial charge in [0.05, 0.1) is 4.91 Å². The summed E-state index contributed by atoms with van der Waals surface area (Å²) >= 11 is 1.49. The number of nitrogens with zero attached hydrogens (tertiary/aromatic N) is 1. The van der Waals surface area contributed by atoms with E-state index in [0.717, 1.165) is 32.6 Å². The molecule has 0 aliphatic carbocycles. The molecule has 0 fully saturated rings. The van der Waals surface area contributed by atoms with Crippen LogP contribution in [-0.4, -0.2) is 23.1 Å². The zero-order valence-corrected chi connectivity index (χ0v) is 19.1. The van der Waals surface area contributed by atoms with E-state index in [-0.39, 0.29) is 25.0 Å². The van der Waals surface area contributed by atoms with Crippen molar-refractivity contribution in [3.8, 4) is 11.5 Å². The van der Waals surface area contributed by atoms with Crippen molar-refractivity contribution in [2.24, 2.45) is 0 Å². The topological polar surface area (TPSA) is 69.6 Å². The molecule has 0 saturated carbocycles. The number of ether oxygens (including phenoxy) is 2. The Kier molecular flexibility index (Phi) is 4.92. The molecule has 3 heterocycles. The van der Waals surface area contributed by atoms with Crippen molar-refractivity contribution < 1.29 is 19.1 Å². The number of hydrogen-bond donors (Lipinski definition) is 1. The molecule has 34 heavy (non-hydrogen) atoms. The highest BCUT2D eigenvalue weighted by atomic mass is 32.2. The predicted molar refractivity (Wildman–Crippen MR) is 132 cm³/mol. The summed E-state index contributed by atoms with van der Waals surface area (Å²) in [4.78, 5) is 27.6. The van der Waals surface area contributed by atoms with Crippen LogP contribution in [0.3, 0.4) is 0 Å². The molecule has 168 valence electrons. The lowest BCUT2D eigenvalue weighted by molar-refractivity contribution is -0.116. The number of carbonyl (C=O) groups excluding carboxylic acids is 2. The van der Waals surface area contributed by atoms with Crippen LogP contribution in [0.2, 0.25) is 0 Å². The van der Waals surface area contributed by atoms with E-state index in [9.17, 15) is 9.59 Å². The third-order valence-electron chi connectivity index (χ3n) is 6.09. The van der Waals surface area contributed by atoms with Crippen LogP contribution in [-0.2, 0) is 11.3 Å². The van der Waals surface area contributed by atoms with Crippen molar-refractivity contribution in [1.82, 2.24) is 4.57 Å². The van der Waals surface area contributed by atoms with Crippen LogP contribution >= 0.6 is 11.8 Å². The fourth-order valence-electron chi connectivity index (χ4n) is 4.43. The number of nitrogens with one attached hydrogen (secondary N) is 1. The van der Waals surface area contributed by atoms with E-state index in [1.54, 1.807) is 18.2 Å². The van der Waals surface area contributed by atoms with Gasteiger partial charge in [0.25, 0.3) is 0 Å². The Morgan fingerprint density at radius 3 is 2.74 bits per heavy atom. The first-order chi connectivity index (χ1) is 16.6. The number of allylic oxidation sites excluding steroid dienone is 1. The van der Waals surface area contributed by atoms with Gasteiger partial charge in [-0.3, -0.25) is 9.59 Å². The lowest BCUT2D eigenvalue weighted by Gasteiger charge is -2.10. The molecule has 0 atom stereocenters. The van der Waals surface area contributed by atoms with Gasteiger partial charge in [-0.2, -0.15) is 0 Å². The summed E-state index contributed by atoms with van der Waals surface area (Å²) in [6.45, 7) is 2.31. The average molecular weight is 469 g/mol. The molecule has 7 heteroatoms. The summed E-state index contributed by atoms with van der Waals surface area (Å²) in [7, 11) is 0. The maximum absolute atomic E-state index is 13.0. The first-order valence-corrected chi connectivity index (χ1v) is 11.7. The van der Waals surface area contributed by atoms with Crippen molar-refractivity contribution in [1.29, 1.82) is 0 Å². The molecular formula is C27H20N2O4S. The highest BCUT2D eigenvalue weighted by molar-refractivity contribution is 8.04. The average Bonchev–Trinajstić information content (AvgIpc) is 3.51. The largest absolute Gasteiger partial charge is 0.454 e. The zero-order valence-electron chi connectivity index (χ0n) is 18.3. The lowest BCUT2D eigenvalue weighted by Crippen LogP contribution is -2.19. The number of thioether (sulfide) groups is 1. The summed E-state index contributed by atoms with van der Waals surface area (Å²) in [6, 6.07) is 20.9. The Balaban J connectivity index is 1.32. The summed E-state index contributed by atoms with van der Waals surface area (Å²) in [6.07, 6.45) is 1.96. The first kappa shape index (κ1) is 20.6. The monoisotopic (exact) mass is 468 g/mol. The molecule has 0 bridgehead atoms. The number of ketones is 1. The van der Waals surface area contributed by atoms with Crippen molar-refractivity contribution >= 4 is 46.1 Å². The standard InChI is InChI=1S/C27H20N2O4S/c1-16-20(13-25-27(31)19-7-3-5-9-24(19)34-25)18-6-2-4-8-21(18)29(16)14-26(30)28-17-10-11-22-23(12-17)33-15-32-22/h2-13H,14-15H2,1H3,(H,28,30)/b25-13+. The molecule has 4 aromatic rings. The number of hydrogen-bond acceptors (Lipinski definition) is 5. The molecule has 0 radical (unpaired) electrons. The smallest absolute Gasteiger partial charge is 0.244 e. The van der Waals surface area contributed by atoms with Gasteiger partial charge in [0.1, 0.15) is 6.54 Å². The second kappa shape index (κ2) is 8.11. The minimum Gasteiger partial charge on any atom is -0.454 e. The number of benzene rings is 3. The molecule has 2 aliphatic rings. The summed E-state index contributed by atoms with van der Waals surface area (Å²) in [5, 5.41) is 3.95. The van der Waals surface area contributed by atoms with Crippen LogP contribution in [0, 0.1) is 6.92 Å². The third-order valence-corrected chi connectivity index (χ3v) is 7.19. The number of carbonyl (C=O) groups is 2. The van der Waals surface area contributed by atoms with Crippen molar-refractivity contribution in [3.05, 3.63) is 88.5 Å². The van der Waals surface area contributed by atoms with Crippen molar-refractivity contribution in [2.75, 3.05) is 12.1 Å². The summed E-state index contributed by atoms with van der Waals surface area (Å²) in [5.41, 5.74) is 4.22. The van der Waals surface area contributed by atoms with E-state index in [0.29, 0.717) is 22.1 Å². The van der Waals surface area contributed by atoms with E-state index in [1.165, 1.54) is 11.8 Å². The molecule has 1 N–H and O–H groups in total. The zero-order chi connectivity index (χ0) is 23.2. The van der Waals surface area contributed by atoms with E-state index in [2.05, 4.69) is 5.32 Å². The van der Waals surface area contributed by atoms with Gasteiger partial charge in [0, 0.05) is 44.4 Å². The van der Waals surface area contributed by atoms with Gasteiger partial charge >= 0.3 is 0 Å².